The highest BCUT2D eigenvalue weighted by atomic mass is 32.2. The van der Waals surface area contributed by atoms with E-state index < -0.39 is 22.0 Å². The number of hydrogen-bond acceptors (Lipinski definition) is 3. The van der Waals surface area contributed by atoms with Gasteiger partial charge in [0.05, 0.1) is 5.25 Å². The van der Waals surface area contributed by atoms with E-state index in [1.807, 2.05) is 0 Å². The molecule has 6 heteroatoms. The first-order chi connectivity index (χ1) is 7.03. The van der Waals surface area contributed by atoms with Crippen LogP contribution in [0.1, 0.15) is 32.1 Å². The lowest BCUT2D eigenvalue weighted by Crippen LogP contribution is -2.49. The van der Waals surface area contributed by atoms with Crippen molar-refractivity contribution in [1.82, 2.24) is 4.31 Å². The first kappa shape index (κ1) is 10.9. The van der Waals surface area contributed by atoms with Gasteiger partial charge in [-0.15, -0.1) is 0 Å². The van der Waals surface area contributed by atoms with Crippen LogP contribution < -0.4 is 0 Å². The molecule has 1 heterocycles. The molecule has 0 aromatic carbocycles. The van der Waals surface area contributed by atoms with Crippen LogP contribution in [0.2, 0.25) is 0 Å². The molecule has 5 nitrogen and oxygen atoms in total. The summed E-state index contributed by atoms with van der Waals surface area (Å²) in [6.07, 6.45) is 3.39. The summed E-state index contributed by atoms with van der Waals surface area (Å²) < 4.78 is 25.1. The molecular weight excluding hydrogens is 218 g/mol. The molecule has 0 unspecified atom stereocenters. The maximum absolute atomic E-state index is 11.9. The molecule has 0 aromatic heterocycles. The van der Waals surface area contributed by atoms with Gasteiger partial charge in [-0.1, -0.05) is 0 Å². The molecule has 2 fully saturated rings. The van der Waals surface area contributed by atoms with Crippen molar-refractivity contribution in [1.29, 1.82) is 0 Å². The molecule has 0 bridgehead atoms. The number of hydrogen-bond donors (Lipinski definition) is 1. The zero-order chi connectivity index (χ0) is 11.1. The minimum atomic E-state index is -3.33. The van der Waals surface area contributed by atoms with E-state index >= 15 is 0 Å². The van der Waals surface area contributed by atoms with E-state index in [-0.39, 0.29) is 5.25 Å². The Bertz CT molecular complexity index is 360. The Kier molecular flexibility index (Phi) is 2.72. The molecule has 0 radical (unpaired) electrons. The molecule has 86 valence electrons. The summed E-state index contributed by atoms with van der Waals surface area (Å²) in [5.41, 5.74) is 0. The number of piperidine rings is 1. The lowest BCUT2D eigenvalue weighted by Gasteiger charge is -2.31. The topological polar surface area (TPSA) is 74.7 Å². The van der Waals surface area contributed by atoms with Crippen LogP contribution in [-0.4, -0.2) is 41.6 Å². The molecule has 1 N–H and O–H groups in total. The van der Waals surface area contributed by atoms with E-state index in [1.54, 1.807) is 0 Å². The largest absolute Gasteiger partial charge is 0.480 e. The third-order valence-electron chi connectivity index (χ3n) is 3.01. The Morgan fingerprint density at radius 1 is 1.20 bits per heavy atom. The van der Waals surface area contributed by atoms with Crippen molar-refractivity contribution in [2.75, 3.05) is 6.54 Å². The van der Waals surface area contributed by atoms with E-state index in [0.29, 0.717) is 25.8 Å². The van der Waals surface area contributed by atoms with Crippen LogP contribution in [-0.2, 0) is 14.8 Å². The highest BCUT2D eigenvalue weighted by molar-refractivity contribution is 7.90. The van der Waals surface area contributed by atoms with Gasteiger partial charge in [0.15, 0.2) is 0 Å². The fourth-order valence-corrected chi connectivity index (χ4v) is 4.06. The number of sulfonamides is 1. The predicted octanol–water partition coefficient (Wildman–Crippen LogP) is 0.418. The molecule has 1 aliphatic heterocycles. The third kappa shape index (κ3) is 2.01. The second kappa shape index (κ2) is 3.75. The number of nitrogens with zero attached hydrogens (tertiary/aromatic N) is 1. The number of carbonyl (C=O) groups is 1. The van der Waals surface area contributed by atoms with Gasteiger partial charge in [0, 0.05) is 6.54 Å². The summed E-state index contributed by atoms with van der Waals surface area (Å²) in [4.78, 5) is 10.9. The summed E-state index contributed by atoms with van der Waals surface area (Å²) in [5, 5.41) is 8.66. The van der Waals surface area contributed by atoms with Crippen molar-refractivity contribution in [2.45, 2.75) is 43.4 Å². The summed E-state index contributed by atoms with van der Waals surface area (Å²) in [5.74, 6) is -1.01. The van der Waals surface area contributed by atoms with E-state index in [2.05, 4.69) is 0 Å². The van der Waals surface area contributed by atoms with Crippen LogP contribution in [0, 0.1) is 0 Å². The summed E-state index contributed by atoms with van der Waals surface area (Å²) >= 11 is 0. The molecule has 1 saturated carbocycles. The fraction of sp³-hybridized carbons (Fsp3) is 0.889. The number of rotatable bonds is 3. The maximum atomic E-state index is 11.9. The molecule has 1 atom stereocenters. The molecule has 0 amide bonds. The zero-order valence-corrected chi connectivity index (χ0v) is 9.24. The standard InChI is InChI=1S/C9H15NO4S/c11-9(12)8-3-1-2-6-10(8)15(13,14)7-4-5-7/h7-8H,1-6H2,(H,11,12)/t8-/m0/s1. The van der Waals surface area contributed by atoms with Crippen LogP contribution in [0.3, 0.4) is 0 Å². The molecule has 2 rings (SSSR count). The van der Waals surface area contributed by atoms with E-state index in [9.17, 15) is 13.2 Å². The van der Waals surface area contributed by atoms with Crippen molar-refractivity contribution in [3.05, 3.63) is 0 Å². The third-order valence-corrected chi connectivity index (χ3v) is 5.42. The Morgan fingerprint density at radius 2 is 1.87 bits per heavy atom. The lowest BCUT2D eigenvalue weighted by atomic mass is 10.1. The van der Waals surface area contributed by atoms with Crippen LogP contribution in [0.15, 0.2) is 0 Å². The molecule has 0 spiro atoms. The van der Waals surface area contributed by atoms with Gasteiger partial charge in [0.25, 0.3) is 0 Å². The van der Waals surface area contributed by atoms with Gasteiger partial charge in [0.2, 0.25) is 10.0 Å². The highest BCUT2D eigenvalue weighted by Gasteiger charge is 2.45. The summed E-state index contributed by atoms with van der Waals surface area (Å²) in [7, 11) is -3.33. The summed E-state index contributed by atoms with van der Waals surface area (Å²) in [6.45, 7) is 0.371. The fourth-order valence-electron chi connectivity index (χ4n) is 2.01. The molecule has 1 saturated heterocycles. The predicted molar refractivity (Wildman–Crippen MR) is 53.9 cm³/mol. The van der Waals surface area contributed by atoms with Gasteiger partial charge in [-0.05, 0) is 32.1 Å². The van der Waals surface area contributed by atoms with Gasteiger partial charge in [-0.3, -0.25) is 4.79 Å². The molecule has 15 heavy (non-hydrogen) atoms. The average Bonchev–Trinajstić information content (AvgIpc) is 3.01. The summed E-state index contributed by atoms with van der Waals surface area (Å²) in [6, 6.07) is -0.829. The Hall–Kier alpha value is -0.620. The Balaban J connectivity index is 2.20. The van der Waals surface area contributed by atoms with Gasteiger partial charge in [-0.2, -0.15) is 4.31 Å². The molecule has 1 aliphatic carbocycles. The van der Waals surface area contributed by atoms with Gasteiger partial charge in [-0.25, -0.2) is 8.42 Å². The maximum Gasteiger partial charge on any atom is 0.322 e. The molecule has 0 aromatic rings. The van der Waals surface area contributed by atoms with Crippen molar-refractivity contribution in [2.24, 2.45) is 0 Å². The van der Waals surface area contributed by atoms with Crippen LogP contribution in [0.5, 0.6) is 0 Å². The van der Waals surface area contributed by atoms with Crippen LogP contribution >= 0.6 is 0 Å². The lowest BCUT2D eigenvalue weighted by molar-refractivity contribution is -0.142. The minimum Gasteiger partial charge on any atom is -0.480 e. The van der Waals surface area contributed by atoms with Gasteiger partial charge >= 0.3 is 5.97 Å². The van der Waals surface area contributed by atoms with Crippen molar-refractivity contribution >= 4 is 16.0 Å². The SMILES string of the molecule is O=C(O)[C@@H]1CCCCN1S(=O)(=O)C1CC1. The Labute approximate surface area is 89.1 Å². The monoisotopic (exact) mass is 233 g/mol. The minimum absolute atomic E-state index is 0.308. The van der Waals surface area contributed by atoms with Crippen molar-refractivity contribution in [3.63, 3.8) is 0 Å². The molecule has 2 aliphatic rings. The van der Waals surface area contributed by atoms with Crippen LogP contribution in [0.25, 0.3) is 0 Å². The smallest absolute Gasteiger partial charge is 0.322 e. The number of carboxylic acid groups (broad SMARTS) is 1. The van der Waals surface area contributed by atoms with E-state index in [0.717, 1.165) is 12.8 Å². The second-order valence-electron chi connectivity index (χ2n) is 4.20. The number of carboxylic acids is 1. The zero-order valence-electron chi connectivity index (χ0n) is 8.42. The average molecular weight is 233 g/mol. The number of aliphatic carboxylic acids is 1. The van der Waals surface area contributed by atoms with Crippen LogP contribution in [0.4, 0.5) is 0 Å². The van der Waals surface area contributed by atoms with Gasteiger partial charge in [0.1, 0.15) is 6.04 Å². The normalized spacial score (nSPS) is 28.9. The first-order valence-electron chi connectivity index (χ1n) is 5.27. The highest BCUT2D eigenvalue weighted by Crippen LogP contribution is 2.34. The van der Waals surface area contributed by atoms with E-state index in [1.165, 1.54) is 4.31 Å². The van der Waals surface area contributed by atoms with Crippen molar-refractivity contribution < 1.29 is 18.3 Å². The quantitative estimate of drug-likeness (QED) is 0.766. The second-order valence-corrected chi connectivity index (χ2v) is 6.37. The van der Waals surface area contributed by atoms with Crippen molar-refractivity contribution in [3.8, 4) is 0 Å². The Morgan fingerprint density at radius 3 is 2.40 bits per heavy atom. The van der Waals surface area contributed by atoms with E-state index in [4.69, 9.17) is 5.11 Å². The molecular formula is C9H15NO4S. The first-order valence-corrected chi connectivity index (χ1v) is 6.77. The van der Waals surface area contributed by atoms with Gasteiger partial charge < -0.3 is 5.11 Å².